The Kier molecular flexibility index (Phi) is 6.12. The van der Waals surface area contributed by atoms with Gasteiger partial charge < -0.3 is 29.2 Å². The van der Waals surface area contributed by atoms with Crippen LogP contribution in [-0.4, -0.2) is 62.8 Å². The van der Waals surface area contributed by atoms with Gasteiger partial charge in [-0.2, -0.15) is 4.98 Å². The van der Waals surface area contributed by atoms with Gasteiger partial charge in [-0.1, -0.05) is 13.3 Å². The normalized spacial score (nSPS) is 20.0. The zero-order valence-corrected chi connectivity index (χ0v) is 21.8. The maximum absolute atomic E-state index is 13.6. The van der Waals surface area contributed by atoms with Crippen LogP contribution in [0.1, 0.15) is 37.6 Å². The summed E-state index contributed by atoms with van der Waals surface area (Å²) in [7, 11) is 5.20. The highest BCUT2D eigenvalue weighted by Crippen LogP contribution is 2.35. The van der Waals surface area contributed by atoms with Gasteiger partial charge in [0.1, 0.15) is 16.9 Å². The molecular weight excluding hydrogens is 456 g/mol. The minimum absolute atomic E-state index is 0.0192. The van der Waals surface area contributed by atoms with Crippen LogP contribution < -0.4 is 15.2 Å². The molecule has 0 aliphatic carbocycles. The van der Waals surface area contributed by atoms with Gasteiger partial charge in [0, 0.05) is 49.2 Å². The highest BCUT2D eigenvalue weighted by atomic mass is 16.5. The summed E-state index contributed by atoms with van der Waals surface area (Å²) < 4.78 is 15.2. The van der Waals surface area contributed by atoms with Crippen LogP contribution in [0, 0.1) is 5.92 Å². The summed E-state index contributed by atoms with van der Waals surface area (Å²) in [5, 5.41) is 1.01. The number of likely N-dealkylation sites (tertiary alicyclic amines) is 1. The summed E-state index contributed by atoms with van der Waals surface area (Å²) in [6, 6.07) is 9.58. The highest BCUT2D eigenvalue weighted by Gasteiger charge is 2.38. The number of aryl methyl sites for hydroxylation is 2. The SMILES string of the molecule is CC[C@H]1CN(C(=O)c2cc(OC)c3c(c2)nc(-c2cc4ccc(OC)nc4n2CC)n3C)[C@@H](C)[C@H]1N. The Bertz CT molecular complexity index is 1460. The van der Waals surface area contributed by atoms with E-state index in [1.807, 2.05) is 47.7 Å². The van der Waals surface area contributed by atoms with Crippen molar-refractivity contribution < 1.29 is 14.3 Å². The maximum atomic E-state index is 13.6. The van der Waals surface area contributed by atoms with Crippen molar-refractivity contribution in [2.45, 2.75) is 45.8 Å². The minimum Gasteiger partial charge on any atom is -0.494 e. The van der Waals surface area contributed by atoms with E-state index >= 15 is 0 Å². The lowest BCUT2D eigenvalue weighted by atomic mass is 9.98. The topological polar surface area (TPSA) is 100 Å². The van der Waals surface area contributed by atoms with Gasteiger partial charge >= 0.3 is 0 Å². The third kappa shape index (κ3) is 3.61. The Morgan fingerprint density at radius 2 is 1.92 bits per heavy atom. The van der Waals surface area contributed by atoms with Crippen molar-refractivity contribution in [1.29, 1.82) is 0 Å². The van der Waals surface area contributed by atoms with Crippen molar-refractivity contribution in [3.05, 3.63) is 35.9 Å². The average Bonchev–Trinajstić information content (AvgIpc) is 3.53. The summed E-state index contributed by atoms with van der Waals surface area (Å²) >= 11 is 0. The number of benzene rings is 1. The van der Waals surface area contributed by atoms with Crippen LogP contribution in [-0.2, 0) is 13.6 Å². The van der Waals surface area contributed by atoms with Crippen LogP contribution in [0.15, 0.2) is 30.3 Å². The molecule has 1 amide bonds. The molecular formula is C27H34N6O3. The summed E-state index contributed by atoms with van der Waals surface area (Å²) in [5.74, 6) is 2.21. The van der Waals surface area contributed by atoms with Gasteiger partial charge in [-0.05, 0) is 44.0 Å². The number of nitrogens with two attached hydrogens (primary N) is 1. The molecule has 1 aliphatic heterocycles. The van der Waals surface area contributed by atoms with Gasteiger partial charge in [-0.15, -0.1) is 0 Å². The van der Waals surface area contributed by atoms with Crippen molar-refractivity contribution in [1.82, 2.24) is 24.0 Å². The fourth-order valence-electron chi connectivity index (χ4n) is 5.52. The van der Waals surface area contributed by atoms with Crippen molar-refractivity contribution in [3.8, 4) is 23.1 Å². The third-order valence-electron chi connectivity index (χ3n) is 7.68. The minimum atomic E-state index is -0.0414. The van der Waals surface area contributed by atoms with Gasteiger partial charge in [-0.3, -0.25) is 4.79 Å². The molecule has 36 heavy (non-hydrogen) atoms. The van der Waals surface area contributed by atoms with E-state index in [9.17, 15) is 4.79 Å². The van der Waals surface area contributed by atoms with Gasteiger partial charge in [0.15, 0.2) is 5.82 Å². The number of hydrogen-bond acceptors (Lipinski definition) is 6. The molecule has 3 atom stereocenters. The Hall–Kier alpha value is -3.59. The first-order valence-electron chi connectivity index (χ1n) is 12.5. The van der Waals surface area contributed by atoms with Crippen LogP contribution in [0.5, 0.6) is 11.6 Å². The molecule has 1 aliphatic rings. The Morgan fingerprint density at radius 1 is 1.14 bits per heavy atom. The Morgan fingerprint density at radius 3 is 2.56 bits per heavy atom. The van der Waals surface area contributed by atoms with E-state index in [2.05, 4.69) is 29.5 Å². The number of carbonyl (C=O) groups excluding carboxylic acids is 1. The van der Waals surface area contributed by atoms with E-state index in [1.54, 1.807) is 14.2 Å². The number of fused-ring (bicyclic) bond motifs is 2. The predicted molar refractivity (Wildman–Crippen MR) is 140 cm³/mol. The number of methoxy groups -OCH3 is 2. The Labute approximate surface area is 210 Å². The van der Waals surface area contributed by atoms with Gasteiger partial charge in [-0.25, -0.2) is 4.98 Å². The van der Waals surface area contributed by atoms with Crippen LogP contribution in [0.2, 0.25) is 0 Å². The largest absolute Gasteiger partial charge is 0.494 e. The van der Waals surface area contributed by atoms with Gasteiger partial charge in [0.2, 0.25) is 5.88 Å². The smallest absolute Gasteiger partial charge is 0.254 e. The number of amides is 1. The number of hydrogen-bond donors (Lipinski definition) is 1. The second-order valence-corrected chi connectivity index (χ2v) is 9.52. The molecule has 9 heteroatoms. The summed E-state index contributed by atoms with van der Waals surface area (Å²) in [5.41, 5.74) is 10.3. The predicted octanol–water partition coefficient (Wildman–Crippen LogP) is 3.82. The molecule has 0 bridgehead atoms. The molecule has 1 saturated heterocycles. The number of rotatable bonds is 6. The molecule has 5 rings (SSSR count). The molecule has 0 unspecified atom stereocenters. The molecule has 9 nitrogen and oxygen atoms in total. The monoisotopic (exact) mass is 490 g/mol. The van der Waals surface area contributed by atoms with Crippen molar-refractivity contribution in [2.75, 3.05) is 20.8 Å². The van der Waals surface area contributed by atoms with E-state index in [0.717, 1.165) is 41.0 Å². The second-order valence-electron chi connectivity index (χ2n) is 9.52. The van der Waals surface area contributed by atoms with Crippen molar-refractivity contribution in [2.24, 2.45) is 18.7 Å². The highest BCUT2D eigenvalue weighted by molar-refractivity contribution is 6.00. The van der Waals surface area contributed by atoms with Crippen LogP contribution in [0.25, 0.3) is 33.6 Å². The molecule has 0 radical (unpaired) electrons. The fourth-order valence-corrected chi connectivity index (χ4v) is 5.52. The number of aromatic nitrogens is 4. The fraction of sp³-hybridized carbons (Fsp3) is 0.444. The van der Waals surface area contributed by atoms with Crippen molar-refractivity contribution in [3.63, 3.8) is 0 Å². The molecule has 190 valence electrons. The van der Waals surface area contributed by atoms with Crippen molar-refractivity contribution >= 4 is 28.0 Å². The number of carbonyl (C=O) groups is 1. The average molecular weight is 491 g/mol. The standard InChI is InChI=1S/C27H34N6O3/c1-7-16-14-33(15(3)23(16)28)27(34)18-11-19-24(21(13-18)35-5)31(4)26(29-19)20-12-17-9-10-22(36-6)30-25(17)32(20)8-2/h9-13,15-16,23H,7-8,14,28H2,1-6H3/t15-,16-,23+/m0/s1. The Balaban J connectivity index is 1.63. The lowest BCUT2D eigenvalue weighted by molar-refractivity contribution is 0.0739. The zero-order chi connectivity index (χ0) is 25.7. The van der Waals surface area contributed by atoms with E-state index in [1.165, 1.54) is 0 Å². The first kappa shape index (κ1) is 24.1. The summed E-state index contributed by atoms with van der Waals surface area (Å²) in [6.07, 6.45) is 0.952. The lowest BCUT2D eigenvalue weighted by Gasteiger charge is -2.23. The molecule has 1 fully saturated rings. The summed E-state index contributed by atoms with van der Waals surface area (Å²) in [4.78, 5) is 25.1. The first-order chi connectivity index (χ1) is 17.3. The summed E-state index contributed by atoms with van der Waals surface area (Å²) in [6.45, 7) is 7.61. The third-order valence-corrected chi connectivity index (χ3v) is 7.68. The maximum Gasteiger partial charge on any atom is 0.254 e. The number of ether oxygens (including phenoxy) is 2. The van der Waals surface area contributed by atoms with Gasteiger partial charge in [0.25, 0.3) is 5.91 Å². The molecule has 0 saturated carbocycles. The second kappa shape index (κ2) is 9.13. The molecule has 2 N–H and O–H groups in total. The van der Waals surface area contributed by atoms with E-state index in [-0.39, 0.29) is 18.0 Å². The molecule has 1 aromatic carbocycles. The molecule has 4 heterocycles. The lowest BCUT2D eigenvalue weighted by Crippen LogP contribution is -2.41. The molecule has 4 aromatic rings. The molecule has 3 aromatic heterocycles. The van der Waals surface area contributed by atoms with Crippen LogP contribution >= 0.6 is 0 Å². The number of pyridine rings is 1. The first-order valence-corrected chi connectivity index (χ1v) is 12.5. The van der Waals surface area contributed by atoms with E-state index in [4.69, 9.17) is 20.2 Å². The van der Waals surface area contributed by atoms with E-state index in [0.29, 0.717) is 35.2 Å². The van der Waals surface area contributed by atoms with Crippen LogP contribution in [0.4, 0.5) is 0 Å². The van der Waals surface area contributed by atoms with Crippen LogP contribution in [0.3, 0.4) is 0 Å². The van der Waals surface area contributed by atoms with Gasteiger partial charge in [0.05, 0.1) is 25.4 Å². The number of imidazole rings is 1. The number of nitrogens with zero attached hydrogens (tertiary/aromatic N) is 5. The van der Waals surface area contributed by atoms with E-state index < -0.39 is 0 Å². The quantitative estimate of drug-likeness (QED) is 0.441. The zero-order valence-electron chi connectivity index (χ0n) is 21.8. The molecule has 0 spiro atoms.